The zero-order valence-corrected chi connectivity index (χ0v) is 15.0. The van der Waals surface area contributed by atoms with Crippen molar-refractivity contribution in [3.05, 3.63) is 40.6 Å². The van der Waals surface area contributed by atoms with Crippen molar-refractivity contribution in [2.24, 2.45) is 0 Å². The first-order valence-corrected chi connectivity index (χ1v) is 9.61. The molecule has 3 N–H and O–H groups in total. The van der Waals surface area contributed by atoms with E-state index in [4.69, 9.17) is 0 Å². The number of anilines is 1. The minimum absolute atomic E-state index is 0.0401. The van der Waals surface area contributed by atoms with Gasteiger partial charge in [-0.3, -0.25) is 19.8 Å². The van der Waals surface area contributed by atoms with Crippen LogP contribution >= 0.6 is 0 Å². The molecule has 138 valence electrons. The highest BCUT2D eigenvalue weighted by atomic mass is 32.2. The molecule has 1 heterocycles. The van der Waals surface area contributed by atoms with Gasteiger partial charge in [0.2, 0.25) is 0 Å². The first kappa shape index (κ1) is 19.0. The average Bonchev–Trinajstić information content (AvgIpc) is 2.98. The van der Waals surface area contributed by atoms with E-state index < -0.39 is 14.9 Å². The molecule has 1 fully saturated rings. The van der Waals surface area contributed by atoms with Crippen LogP contribution in [0.5, 0.6) is 0 Å². The van der Waals surface area contributed by atoms with Crippen LogP contribution in [-0.4, -0.2) is 30.4 Å². The molecule has 2 rings (SSSR count). The monoisotopic (exact) mass is 369 g/mol. The Morgan fingerprint density at radius 1 is 1.40 bits per heavy atom. The summed E-state index contributed by atoms with van der Waals surface area (Å²) in [7, 11) is -4.03. The lowest BCUT2D eigenvalue weighted by Gasteiger charge is -2.18. The van der Waals surface area contributed by atoms with Gasteiger partial charge in [0.15, 0.2) is 5.82 Å². The Kier molecular flexibility index (Phi) is 6.18. The molecule has 0 radical (unpaired) electrons. The maximum atomic E-state index is 12.7. The summed E-state index contributed by atoms with van der Waals surface area (Å²) >= 11 is 0. The van der Waals surface area contributed by atoms with E-state index >= 15 is 0 Å². The topological polar surface area (TPSA) is 126 Å². The molecule has 1 aliphatic rings. The molecule has 25 heavy (non-hydrogen) atoms. The summed E-state index contributed by atoms with van der Waals surface area (Å²) in [5, 5.41) is 16.7. The van der Waals surface area contributed by atoms with Gasteiger partial charge in [-0.25, -0.2) is 8.42 Å². The molecule has 10 heteroatoms. The first-order chi connectivity index (χ1) is 11.8. The van der Waals surface area contributed by atoms with Crippen LogP contribution in [0.15, 0.2) is 35.4 Å². The minimum Gasteiger partial charge on any atom is -0.381 e. The van der Waals surface area contributed by atoms with E-state index in [-0.39, 0.29) is 22.8 Å². The van der Waals surface area contributed by atoms with Crippen LogP contribution in [0.1, 0.15) is 39.5 Å². The maximum Gasteiger partial charge on any atom is 0.275 e. The number of nitrogens with zero attached hydrogens (tertiary/aromatic N) is 2. The van der Waals surface area contributed by atoms with Crippen LogP contribution in [0.25, 0.3) is 0 Å². The van der Waals surface area contributed by atoms with Gasteiger partial charge in [-0.1, -0.05) is 12.8 Å². The number of aromatic nitrogens is 1. The molecular formula is C15H23N5O4S. The van der Waals surface area contributed by atoms with Crippen molar-refractivity contribution in [3.8, 4) is 0 Å². The largest absolute Gasteiger partial charge is 0.381 e. The van der Waals surface area contributed by atoms with Gasteiger partial charge < -0.3 is 10.6 Å². The third kappa shape index (κ3) is 5.59. The molecule has 0 aliphatic heterocycles. The predicted octanol–water partition coefficient (Wildman–Crippen LogP) is 1.79. The Bertz CT molecular complexity index is 742. The summed E-state index contributed by atoms with van der Waals surface area (Å²) in [5.41, 5.74) is 0.444. The second kappa shape index (κ2) is 8.15. The standard InChI is InChI=1S/C15H23N5O4S/c1-11(2)17-15(10-20(21)22)19-25(23,24)14-9-16-8-7-13(14)18-12-5-3-4-6-12/h7-12,17,19H,3-6H2,1-2H3,(H,16,18)/b15-10-. The number of nitrogens with one attached hydrogen (secondary N) is 3. The van der Waals surface area contributed by atoms with E-state index in [1.165, 1.54) is 12.4 Å². The first-order valence-electron chi connectivity index (χ1n) is 8.13. The highest BCUT2D eigenvalue weighted by molar-refractivity contribution is 7.89. The van der Waals surface area contributed by atoms with Crippen molar-refractivity contribution >= 4 is 15.7 Å². The van der Waals surface area contributed by atoms with E-state index in [1.807, 2.05) is 0 Å². The van der Waals surface area contributed by atoms with Gasteiger partial charge in [0.1, 0.15) is 4.90 Å². The summed E-state index contributed by atoms with van der Waals surface area (Å²) in [6.45, 7) is 3.50. The fourth-order valence-electron chi connectivity index (χ4n) is 2.71. The van der Waals surface area contributed by atoms with E-state index in [2.05, 4.69) is 20.3 Å². The summed E-state index contributed by atoms with van der Waals surface area (Å²) in [4.78, 5) is 13.9. The predicted molar refractivity (Wildman–Crippen MR) is 93.8 cm³/mol. The van der Waals surface area contributed by atoms with E-state index in [1.54, 1.807) is 19.9 Å². The molecule has 0 aromatic carbocycles. The molecule has 0 spiro atoms. The highest BCUT2D eigenvalue weighted by Crippen LogP contribution is 2.26. The maximum absolute atomic E-state index is 12.7. The SMILES string of the molecule is CC(C)N/C(=C/[N+](=O)[O-])NS(=O)(=O)c1cnccc1NC1CCCC1. The number of sulfonamides is 1. The molecule has 1 saturated carbocycles. The third-order valence-electron chi connectivity index (χ3n) is 3.71. The number of rotatable bonds is 8. The van der Waals surface area contributed by atoms with E-state index in [0.29, 0.717) is 11.9 Å². The van der Waals surface area contributed by atoms with Crippen molar-refractivity contribution in [1.29, 1.82) is 0 Å². The van der Waals surface area contributed by atoms with Crippen molar-refractivity contribution < 1.29 is 13.3 Å². The molecule has 1 aromatic rings. The molecule has 9 nitrogen and oxygen atoms in total. The Hall–Kier alpha value is -2.36. The van der Waals surface area contributed by atoms with Crippen LogP contribution in [-0.2, 0) is 10.0 Å². The number of hydrogen-bond donors (Lipinski definition) is 3. The Labute approximate surface area is 147 Å². The highest BCUT2D eigenvalue weighted by Gasteiger charge is 2.24. The molecule has 0 bridgehead atoms. The lowest BCUT2D eigenvalue weighted by molar-refractivity contribution is -0.404. The van der Waals surface area contributed by atoms with Crippen LogP contribution in [0, 0.1) is 10.1 Å². The van der Waals surface area contributed by atoms with Crippen molar-refractivity contribution in [3.63, 3.8) is 0 Å². The van der Waals surface area contributed by atoms with Gasteiger partial charge in [-0.15, -0.1) is 0 Å². The van der Waals surface area contributed by atoms with Gasteiger partial charge in [0.05, 0.1) is 10.6 Å². The van der Waals surface area contributed by atoms with E-state index in [9.17, 15) is 18.5 Å². The Morgan fingerprint density at radius 2 is 2.08 bits per heavy atom. The summed E-state index contributed by atoms with van der Waals surface area (Å²) in [6.07, 6.45) is 7.52. The van der Waals surface area contributed by atoms with Crippen LogP contribution in [0.3, 0.4) is 0 Å². The van der Waals surface area contributed by atoms with Crippen molar-refractivity contribution in [2.45, 2.75) is 56.5 Å². The lowest BCUT2D eigenvalue weighted by Crippen LogP contribution is -2.36. The normalized spacial score (nSPS) is 16.0. The zero-order chi connectivity index (χ0) is 18.4. The summed E-state index contributed by atoms with van der Waals surface area (Å²) in [5.74, 6) is -0.198. The molecular weight excluding hydrogens is 346 g/mol. The van der Waals surface area contributed by atoms with Crippen molar-refractivity contribution in [1.82, 2.24) is 15.0 Å². The average molecular weight is 369 g/mol. The molecule has 0 unspecified atom stereocenters. The zero-order valence-electron chi connectivity index (χ0n) is 14.2. The fraction of sp³-hybridized carbons (Fsp3) is 0.533. The van der Waals surface area contributed by atoms with E-state index in [0.717, 1.165) is 25.7 Å². The second-order valence-electron chi connectivity index (χ2n) is 6.23. The number of nitro groups is 1. The second-order valence-corrected chi connectivity index (χ2v) is 7.88. The number of hydrogen-bond acceptors (Lipinski definition) is 7. The Balaban J connectivity index is 2.27. The summed E-state index contributed by atoms with van der Waals surface area (Å²) < 4.78 is 27.6. The Morgan fingerprint density at radius 3 is 2.68 bits per heavy atom. The minimum atomic E-state index is -4.03. The van der Waals surface area contributed by atoms with Gasteiger partial charge in [-0.05, 0) is 32.8 Å². The van der Waals surface area contributed by atoms with Gasteiger partial charge in [0.25, 0.3) is 16.2 Å². The van der Waals surface area contributed by atoms with Gasteiger partial charge in [-0.2, -0.15) is 0 Å². The van der Waals surface area contributed by atoms with Crippen LogP contribution in [0.2, 0.25) is 0 Å². The smallest absolute Gasteiger partial charge is 0.275 e. The molecule has 0 saturated heterocycles. The quantitative estimate of drug-likeness (QED) is 0.471. The molecule has 0 amide bonds. The summed E-state index contributed by atoms with van der Waals surface area (Å²) in [6, 6.07) is 1.64. The number of pyridine rings is 1. The lowest BCUT2D eigenvalue weighted by atomic mass is 10.2. The fourth-order valence-corrected chi connectivity index (χ4v) is 3.84. The molecule has 1 aliphatic carbocycles. The van der Waals surface area contributed by atoms with Crippen molar-refractivity contribution in [2.75, 3.05) is 5.32 Å². The van der Waals surface area contributed by atoms with Gasteiger partial charge >= 0.3 is 0 Å². The molecule has 1 aromatic heterocycles. The van der Waals surface area contributed by atoms with Gasteiger partial charge in [0, 0.05) is 24.5 Å². The third-order valence-corrected chi connectivity index (χ3v) is 5.10. The molecule has 0 atom stereocenters. The van der Waals surface area contributed by atoms with Crippen LogP contribution in [0.4, 0.5) is 5.69 Å². The van der Waals surface area contributed by atoms with Crippen LogP contribution < -0.4 is 15.4 Å².